The van der Waals surface area contributed by atoms with E-state index < -0.39 is 30.4 Å². The van der Waals surface area contributed by atoms with Crippen LogP contribution in [-0.4, -0.2) is 97.5 Å². The molecular formula is C29H31ClN8O6. The van der Waals surface area contributed by atoms with E-state index in [-0.39, 0.29) is 19.1 Å². The van der Waals surface area contributed by atoms with Crippen LogP contribution in [0.1, 0.15) is 11.8 Å². The Kier molecular flexibility index (Phi) is 8.48. The third-order valence-electron chi connectivity index (χ3n) is 7.77. The molecule has 14 nitrogen and oxygen atoms in total. The molecule has 44 heavy (non-hydrogen) atoms. The Hall–Kier alpha value is -4.50. The number of carboxylic acid groups (broad SMARTS) is 1. The summed E-state index contributed by atoms with van der Waals surface area (Å²) in [7, 11) is 0. The first-order valence-electron chi connectivity index (χ1n) is 14.0. The number of hydrogen-bond donors (Lipinski definition) is 4. The van der Waals surface area contributed by atoms with Crippen molar-refractivity contribution in [2.45, 2.75) is 31.0 Å². The maximum absolute atomic E-state index is 13.0. The zero-order chi connectivity index (χ0) is 30.8. The fourth-order valence-corrected chi connectivity index (χ4v) is 5.60. The minimum absolute atomic E-state index is 0.101. The van der Waals surface area contributed by atoms with E-state index in [1.54, 1.807) is 23.1 Å². The standard InChI is InChI=1S/C29H31ClN8O6/c30-18-6-7-20(43-14-21(39)37-10-8-36(9-11-37)19-4-2-1-3-5-19)17(12-18)13-32-26-23-27(34-15-33-26)38(16-35-23)28-24(40)22(31)25(44-28)29(41)42/h1-7,12,15-16,22,24-25,28,40H,8-11,13-14,31H2,(H,41,42)(H,32,33,34). The molecule has 6 rings (SSSR count). The Balaban J connectivity index is 1.10. The number of piperazine rings is 1. The lowest BCUT2D eigenvalue weighted by Gasteiger charge is -2.36. The fraction of sp³-hybridized carbons (Fsp3) is 0.345. The lowest BCUT2D eigenvalue weighted by atomic mass is 10.1. The van der Waals surface area contributed by atoms with E-state index in [2.05, 4.69) is 37.3 Å². The number of ether oxygens (including phenoxy) is 2. The van der Waals surface area contributed by atoms with Gasteiger partial charge in [0.2, 0.25) is 0 Å². The highest BCUT2D eigenvalue weighted by molar-refractivity contribution is 6.30. The number of para-hydroxylation sites is 1. The second-order valence-corrected chi connectivity index (χ2v) is 10.9. The van der Waals surface area contributed by atoms with Crippen LogP contribution in [0.15, 0.2) is 61.2 Å². The summed E-state index contributed by atoms with van der Waals surface area (Å²) in [6, 6.07) is 14.1. The normalized spacial score (nSPS) is 21.9. The van der Waals surface area contributed by atoms with Crippen molar-refractivity contribution in [3.63, 3.8) is 0 Å². The Morgan fingerprint density at radius 1 is 1.09 bits per heavy atom. The molecule has 2 saturated heterocycles. The van der Waals surface area contributed by atoms with Crippen LogP contribution in [0.3, 0.4) is 0 Å². The molecule has 2 aromatic heterocycles. The molecule has 4 aromatic rings. The second-order valence-electron chi connectivity index (χ2n) is 10.5. The topological polar surface area (TPSA) is 181 Å². The van der Waals surface area contributed by atoms with E-state index >= 15 is 0 Å². The SMILES string of the molecule is NC1C(C(=O)O)OC(n2cnc3c(NCc4cc(Cl)ccc4OCC(=O)N4CCN(c5ccccc5)CC4)ncnc32)C1O. The third-order valence-corrected chi connectivity index (χ3v) is 8.01. The fourth-order valence-electron chi connectivity index (χ4n) is 5.40. The van der Waals surface area contributed by atoms with Crippen molar-refractivity contribution in [2.75, 3.05) is 43.0 Å². The number of amides is 1. The van der Waals surface area contributed by atoms with Crippen molar-refractivity contribution in [1.29, 1.82) is 0 Å². The lowest BCUT2D eigenvalue weighted by Crippen LogP contribution is -2.50. The maximum atomic E-state index is 13.0. The van der Waals surface area contributed by atoms with Crippen LogP contribution in [-0.2, 0) is 20.9 Å². The van der Waals surface area contributed by atoms with Crippen molar-refractivity contribution < 1.29 is 29.3 Å². The number of aliphatic carboxylic acids is 1. The molecule has 0 aliphatic carbocycles. The highest BCUT2D eigenvalue weighted by Gasteiger charge is 2.46. The Morgan fingerprint density at radius 2 is 1.86 bits per heavy atom. The number of aromatic nitrogens is 4. The smallest absolute Gasteiger partial charge is 0.334 e. The number of nitrogens with two attached hydrogens (primary N) is 1. The minimum Gasteiger partial charge on any atom is -0.483 e. The number of benzene rings is 2. The summed E-state index contributed by atoms with van der Waals surface area (Å²) in [5.41, 5.74) is 8.37. The van der Waals surface area contributed by atoms with Crippen molar-refractivity contribution in [3.05, 3.63) is 71.8 Å². The van der Waals surface area contributed by atoms with Crippen LogP contribution in [0.25, 0.3) is 11.2 Å². The number of aliphatic hydroxyl groups is 1. The molecule has 2 fully saturated rings. The predicted octanol–water partition coefficient (Wildman–Crippen LogP) is 1.49. The van der Waals surface area contributed by atoms with Gasteiger partial charge >= 0.3 is 5.97 Å². The average molecular weight is 623 g/mol. The Morgan fingerprint density at radius 3 is 2.59 bits per heavy atom. The molecule has 0 bridgehead atoms. The zero-order valence-corrected chi connectivity index (χ0v) is 24.2. The summed E-state index contributed by atoms with van der Waals surface area (Å²) in [5, 5.41) is 23.6. The summed E-state index contributed by atoms with van der Waals surface area (Å²) in [6.45, 7) is 2.81. The van der Waals surface area contributed by atoms with Crippen LogP contribution >= 0.6 is 11.6 Å². The number of imidazole rings is 1. The summed E-state index contributed by atoms with van der Waals surface area (Å²) in [4.78, 5) is 41.4. The molecule has 1 amide bonds. The molecule has 5 N–H and O–H groups in total. The number of carboxylic acids is 1. The van der Waals surface area contributed by atoms with Gasteiger partial charge < -0.3 is 40.5 Å². The highest BCUT2D eigenvalue weighted by Crippen LogP contribution is 2.32. The van der Waals surface area contributed by atoms with Crippen molar-refractivity contribution in [3.8, 4) is 5.75 Å². The summed E-state index contributed by atoms with van der Waals surface area (Å²) in [6.07, 6.45) is -1.06. The Bertz CT molecular complexity index is 1650. The summed E-state index contributed by atoms with van der Waals surface area (Å²) >= 11 is 6.28. The molecule has 2 aliphatic heterocycles. The van der Waals surface area contributed by atoms with Gasteiger partial charge in [-0.05, 0) is 30.3 Å². The monoisotopic (exact) mass is 622 g/mol. The first-order valence-corrected chi connectivity index (χ1v) is 14.4. The number of rotatable bonds is 9. The van der Waals surface area contributed by atoms with Gasteiger partial charge in [-0.2, -0.15) is 0 Å². The van der Waals surface area contributed by atoms with Crippen LogP contribution < -0.4 is 20.7 Å². The van der Waals surface area contributed by atoms with E-state index in [9.17, 15) is 19.8 Å². The first-order chi connectivity index (χ1) is 21.3. The maximum Gasteiger partial charge on any atom is 0.334 e. The van der Waals surface area contributed by atoms with Crippen molar-refractivity contribution in [2.24, 2.45) is 5.73 Å². The zero-order valence-electron chi connectivity index (χ0n) is 23.5. The van der Waals surface area contributed by atoms with Crippen LogP contribution in [0, 0.1) is 0 Å². The molecule has 2 aromatic carbocycles. The molecule has 2 aliphatic rings. The van der Waals surface area contributed by atoms with Gasteiger partial charge in [0, 0.05) is 49.0 Å². The second kappa shape index (κ2) is 12.6. The van der Waals surface area contributed by atoms with E-state index in [4.69, 9.17) is 26.8 Å². The number of nitrogens with one attached hydrogen (secondary N) is 1. The number of hydrogen-bond acceptors (Lipinski definition) is 11. The summed E-state index contributed by atoms with van der Waals surface area (Å²) in [5.74, 6) is -0.507. The van der Waals surface area contributed by atoms with Crippen LogP contribution in [0.5, 0.6) is 5.75 Å². The quantitative estimate of drug-likeness (QED) is 0.211. The minimum atomic E-state index is -1.38. The van der Waals surface area contributed by atoms with Gasteiger partial charge in [-0.25, -0.2) is 19.7 Å². The molecule has 4 atom stereocenters. The van der Waals surface area contributed by atoms with Crippen molar-refractivity contribution >= 4 is 46.1 Å². The van der Waals surface area contributed by atoms with Crippen LogP contribution in [0.2, 0.25) is 5.02 Å². The molecule has 230 valence electrons. The Labute approximate surface area is 257 Å². The molecule has 0 saturated carbocycles. The van der Waals surface area contributed by atoms with E-state index in [1.807, 2.05) is 18.2 Å². The first kappa shape index (κ1) is 29.6. The molecule has 4 unspecified atom stereocenters. The van der Waals surface area contributed by atoms with Gasteiger partial charge in [0.1, 0.15) is 18.2 Å². The largest absolute Gasteiger partial charge is 0.483 e. The summed E-state index contributed by atoms with van der Waals surface area (Å²) < 4.78 is 12.9. The molecule has 4 heterocycles. The molecule has 0 radical (unpaired) electrons. The lowest BCUT2D eigenvalue weighted by molar-refractivity contribution is -0.152. The molecular weight excluding hydrogens is 592 g/mol. The third kappa shape index (κ3) is 5.97. The number of fused-ring (bicyclic) bond motifs is 1. The molecule has 0 spiro atoms. The van der Waals surface area contributed by atoms with E-state index in [0.29, 0.717) is 46.4 Å². The van der Waals surface area contributed by atoms with Gasteiger partial charge in [-0.3, -0.25) is 9.36 Å². The highest BCUT2D eigenvalue weighted by atomic mass is 35.5. The number of aliphatic hydroxyl groups excluding tert-OH is 1. The van der Waals surface area contributed by atoms with Crippen molar-refractivity contribution in [1.82, 2.24) is 24.4 Å². The number of carbonyl (C=O) groups excluding carboxylic acids is 1. The number of carbonyl (C=O) groups is 2. The van der Waals surface area contributed by atoms with Gasteiger partial charge in [0.25, 0.3) is 5.91 Å². The van der Waals surface area contributed by atoms with E-state index in [0.717, 1.165) is 18.8 Å². The average Bonchev–Trinajstić information content (AvgIpc) is 3.60. The van der Waals surface area contributed by atoms with Gasteiger partial charge in [0.05, 0.1) is 12.4 Å². The predicted molar refractivity (Wildman–Crippen MR) is 160 cm³/mol. The molecule has 15 heteroatoms. The van der Waals surface area contributed by atoms with Gasteiger partial charge in [-0.1, -0.05) is 29.8 Å². The number of halogens is 1. The number of anilines is 2. The van der Waals surface area contributed by atoms with E-state index in [1.165, 1.54) is 17.2 Å². The number of nitrogens with zero attached hydrogens (tertiary/aromatic N) is 6. The van der Waals surface area contributed by atoms with Gasteiger partial charge in [0.15, 0.2) is 35.9 Å². The van der Waals surface area contributed by atoms with Crippen LogP contribution in [0.4, 0.5) is 11.5 Å². The van der Waals surface area contributed by atoms with Gasteiger partial charge in [-0.15, -0.1) is 0 Å².